The molecule has 0 fully saturated rings. The number of carboxylic acid groups (broad SMARTS) is 1. The molecule has 2 N–H and O–H groups in total. The van der Waals surface area contributed by atoms with Gasteiger partial charge in [0.25, 0.3) is 0 Å². The topological polar surface area (TPSA) is 75.6 Å². The highest BCUT2D eigenvalue weighted by Gasteiger charge is 2.26. The van der Waals surface area contributed by atoms with Gasteiger partial charge in [-0.1, -0.05) is 30.3 Å². The first kappa shape index (κ1) is 17.0. The lowest BCUT2D eigenvalue weighted by Crippen LogP contribution is -2.46. The molecular weight excluding hydrogens is 284 g/mol. The summed E-state index contributed by atoms with van der Waals surface area (Å²) in [6.45, 7) is 1.60. The zero-order chi connectivity index (χ0) is 15.8. The molecule has 0 bridgehead atoms. The van der Waals surface area contributed by atoms with E-state index < -0.39 is 36.9 Å². The van der Waals surface area contributed by atoms with Crippen LogP contribution in [0.4, 0.5) is 8.78 Å². The molecule has 5 nitrogen and oxygen atoms in total. The smallest absolute Gasteiger partial charge is 0.326 e. The van der Waals surface area contributed by atoms with E-state index in [1.165, 1.54) is 6.92 Å². The molecule has 0 radical (unpaired) electrons. The minimum atomic E-state index is -2.81. The molecule has 7 heteroatoms. The second-order valence-electron chi connectivity index (χ2n) is 4.47. The van der Waals surface area contributed by atoms with Crippen molar-refractivity contribution in [3.63, 3.8) is 0 Å². The van der Waals surface area contributed by atoms with Crippen molar-refractivity contribution in [1.29, 1.82) is 0 Å². The van der Waals surface area contributed by atoms with Crippen LogP contribution in [0, 0.1) is 0 Å². The van der Waals surface area contributed by atoms with Crippen LogP contribution in [0.1, 0.15) is 18.9 Å². The number of rotatable bonds is 8. The highest BCUT2D eigenvalue weighted by atomic mass is 19.3. The van der Waals surface area contributed by atoms with E-state index in [2.05, 4.69) is 0 Å². The molecule has 0 heterocycles. The fraction of sp³-hybridized carbons (Fsp3) is 0.429. The number of amides is 1. The molecule has 0 saturated heterocycles. The number of benzene rings is 1. The van der Waals surface area contributed by atoms with Crippen LogP contribution < -0.4 is 5.32 Å². The van der Waals surface area contributed by atoms with Gasteiger partial charge >= 0.3 is 5.97 Å². The number of hydrogen-bond acceptors (Lipinski definition) is 3. The average Bonchev–Trinajstić information content (AvgIpc) is 2.44. The number of carbonyl (C=O) groups excluding carboxylic acids is 1. The fourth-order valence-corrected chi connectivity index (χ4v) is 1.56. The molecule has 1 amide bonds. The maximum Gasteiger partial charge on any atom is 0.326 e. The number of carboxylic acids is 1. The largest absolute Gasteiger partial charge is 0.480 e. The summed E-state index contributed by atoms with van der Waals surface area (Å²) in [5.74, 6) is -2.24. The predicted molar refractivity (Wildman–Crippen MR) is 70.9 cm³/mol. The van der Waals surface area contributed by atoms with Gasteiger partial charge in [-0.3, -0.25) is 4.79 Å². The number of hydrogen-bond donors (Lipinski definition) is 2. The Bertz CT molecular complexity index is 467. The lowest BCUT2D eigenvalue weighted by molar-refractivity contribution is -0.145. The van der Waals surface area contributed by atoms with Gasteiger partial charge in [0.2, 0.25) is 12.3 Å². The van der Waals surface area contributed by atoms with E-state index in [0.717, 1.165) is 5.56 Å². The zero-order valence-corrected chi connectivity index (χ0v) is 11.5. The average molecular weight is 301 g/mol. The quantitative estimate of drug-likeness (QED) is 0.768. The lowest BCUT2D eigenvalue weighted by atomic mass is 10.2. The van der Waals surface area contributed by atoms with Crippen LogP contribution in [-0.2, 0) is 20.9 Å². The molecular formula is C14H17F2NO4. The SMILES string of the molecule is CC(OCc1ccccc1)C(=O)NC(CC(F)F)C(=O)O. The summed E-state index contributed by atoms with van der Waals surface area (Å²) in [6, 6.07) is 7.45. The van der Waals surface area contributed by atoms with Crippen molar-refractivity contribution in [1.82, 2.24) is 5.32 Å². The maximum absolute atomic E-state index is 12.2. The van der Waals surface area contributed by atoms with E-state index in [4.69, 9.17) is 9.84 Å². The summed E-state index contributed by atoms with van der Waals surface area (Å²) in [4.78, 5) is 22.5. The van der Waals surface area contributed by atoms with Crippen LogP contribution in [0.2, 0.25) is 0 Å². The van der Waals surface area contributed by atoms with Crippen molar-refractivity contribution in [2.45, 2.75) is 38.5 Å². The Morgan fingerprint density at radius 1 is 1.29 bits per heavy atom. The lowest BCUT2D eigenvalue weighted by Gasteiger charge is -2.18. The molecule has 21 heavy (non-hydrogen) atoms. The normalized spacial score (nSPS) is 13.7. The first-order valence-corrected chi connectivity index (χ1v) is 6.37. The van der Waals surface area contributed by atoms with E-state index in [-0.39, 0.29) is 6.61 Å². The minimum Gasteiger partial charge on any atom is -0.480 e. The van der Waals surface area contributed by atoms with E-state index in [1.807, 2.05) is 35.6 Å². The van der Waals surface area contributed by atoms with Gasteiger partial charge < -0.3 is 15.2 Å². The number of alkyl halides is 2. The van der Waals surface area contributed by atoms with Gasteiger partial charge in [-0.2, -0.15) is 0 Å². The molecule has 0 aromatic heterocycles. The number of halogens is 2. The Kier molecular flexibility index (Phi) is 6.74. The van der Waals surface area contributed by atoms with E-state index in [0.29, 0.717) is 0 Å². The standard InChI is InChI=1S/C14H17F2NO4/c1-9(21-8-10-5-3-2-4-6-10)13(18)17-11(14(19)20)7-12(15)16/h2-6,9,11-12H,7-8H2,1H3,(H,17,18)(H,19,20). The van der Waals surface area contributed by atoms with Crippen molar-refractivity contribution in [2.75, 3.05) is 0 Å². The number of carbonyl (C=O) groups is 2. The highest BCUT2D eigenvalue weighted by Crippen LogP contribution is 2.07. The molecule has 1 aromatic carbocycles. The van der Waals surface area contributed by atoms with Crippen LogP contribution in [0.15, 0.2) is 30.3 Å². The first-order chi connectivity index (χ1) is 9.90. The molecule has 0 aliphatic heterocycles. The summed E-state index contributed by atoms with van der Waals surface area (Å²) in [5, 5.41) is 10.8. The first-order valence-electron chi connectivity index (χ1n) is 6.37. The molecule has 0 spiro atoms. The summed E-state index contributed by atoms with van der Waals surface area (Å²) >= 11 is 0. The van der Waals surface area contributed by atoms with Gasteiger partial charge in [0.05, 0.1) is 6.61 Å². The van der Waals surface area contributed by atoms with Crippen LogP contribution in [0.25, 0.3) is 0 Å². The van der Waals surface area contributed by atoms with E-state index in [9.17, 15) is 18.4 Å². The molecule has 1 rings (SSSR count). The van der Waals surface area contributed by atoms with Crippen molar-refractivity contribution in [3.05, 3.63) is 35.9 Å². The van der Waals surface area contributed by atoms with E-state index >= 15 is 0 Å². The van der Waals surface area contributed by atoms with Crippen LogP contribution >= 0.6 is 0 Å². The summed E-state index contributed by atoms with van der Waals surface area (Å²) in [5.41, 5.74) is 0.847. The Morgan fingerprint density at radius 2 is 1.90 bits per heavy atom. The Morgan fingerprint density at radius 3 is 2.43 bits per heavy atom. The Hall–Kier alpha value is -2.02. The van der Waals surface area contributed by atoms with Crippen LogP contribution in [0.5, 0.6) is 0 Å². The Balaban J connectivity index is 2.47. The van der Waals surface area contributed by atoms with Gasteiger partial charge in [-0.05, 0) is 12.5 Å². The van der Waals surface area contributed by atoms with Crippen LogP contribution in [-0.4, -0.2) is 35.6 Å². The van der Waals surface area contributed by atoms with Gasteiger partial charge in [0.1, 0.15) is 12.1 Å². The van der Waals surface area contributed by atoms with Gasteiger partial charge in [0.15, 0.2) is 0 Å². The van der Waals surface area contributed by atoms with Gasteiger partial charge in [0, 0.05) is 6.42 Å². The zero-order valence-electron chi connectivity index (χ0n) is 11.5. The summed E-state index contributed by atoms with van der Waals surface area (Å²) in [7, 11) is 0. The second kappa shape index (κ2) is 8.31. The third-order valence-electron chi connectivity index (χ3n) is 2.74. The van der Waals surface area contributed by atoms with Crippen molar-refractivity contribution in [2.24, 2.45) is 0 Å². The van der Waals surface area contributed by atoms with E-state index in [1.54, 1.807) is 0 Å². The monoisotopic (exact) mass is 301 g/mol. The molecule has 2 unspecified atom stereocenters. The van der Waals surface area contributed by atoms with Crippen molar-refractivity contribution in [3.8, 4) is 0 Å². The summed E-state index contributed by atoms with van der Waals surface area (Å²) < 4.78 is 29.7. The van der Waals surface area contributed by atoms with Crippen LogP contribution in [0.3, 0.4) is 0 Å². The molecule has 0 aliphatic rings. The molecule has 2 atom stereocenters. The predicted octanol–water partition coefficient (Wildman–Crippen LogP) is 1.82. The third-order valence-corrected chi connectivity index (χ3v) is 2.74. The molecule has 0 saturated carbocycles. The van der Waals surface area contributed by atoms with Crippen molar-refractivity contribution < 1.29 is 28.2 Å². The fourth-order valence-electron chi connectivity index (χ4n) is 1.56. The van der Waals surface area contributed by atoms with Crippen molar-refractivity contribution >= 4 is 11.9 Å². The number of aliphatic carboxylic acids is 1. The second-order valence-corrected chi connectivity index (χ2v) is 4.47. The number of ether oxygens (including phenoxy) is 1. The van der Waals surface area contributed by atoms with Gasteiger partial charge in [-0.15, -0.1) is 0 Å². The number of nitrogens with one attached hydrogen (secondary N) is 1. The van der Waals surface area contributed by atoms with Gasteiger partial charge in [-0.25, -0.2) is 13.6 Å². The third kappa shape index (κ3) is 6.31. The minimum absolute atomic E-state index is 0.169. The molecule has 116 valence electrons. The highest BCUT2D eigenvalue weighted by molar-refractivity contribution is 5.86. The molecule has 0 aliphatic carbocycles. The maximum atomic E-state index is 12.2. The Labute approximate surface area is 120 Å². The summed E-state index contributed by atoms with van der Waals surface area (Å²) in [6.07, 6.45) is -4.69. The molecule has 1 aromatic rings.